The summed E-state index contributed by atoms with van der Waals surface area (Å²) in [7, 11) is 1.64. The molecule has 4 rings (SSSR count). The second-order valence-corrected chi connectivity index (χ2v) is 6.65. The van der Waals surface area contributed by atoms with Crippen molar-refractivity contribution >= 4 is 45.6 Å². The number of fused-ring (bicyclic) bond motifs is 1. The number of amides is 1. The Morgan fingerprint density at radius 3 is 2.37 bits per heavy atom. The maximum Gasteiger partial charge on any atom is 0.229 e. The molecule has 7 heteroatoms. The number of ether oxygens (including phenoxy) is 1. The first-order valence-electron chi connectivity index (χ1n) is 9.43. The van der Waals surface area contributed by atoms with Crippen molar-refractivity contribution in [2.45, 2.75) is 6.92 Å². The molecule has 0 aliphatic heterocycles. The Morgan fingerprint density at radius 1 is 0.833 bits per heavy atom. The number of nitrogens with zero attached hydrogens (tertiary/aromatic N) is 2. The number of carbonyl (C=O) groups excluding carboxylic acids is 1. The third-order valence-electron chi connectivity index (χ3n) is 4.40. The molecule has 4 aromatic rings. The van der Waals surface area contributed by atoms with Crippen LogP contribution in [-0.4, -0.2) is 23.0 Å². The van der Waals surface area contributed by atoms with E-state index in [4.69, 9.17) is 4.74 Å². The van der Waals surface area contributed by atoms with Crippen molar-refractivity contribution in [2.24, 2.45) is 0 Å². The van der Waals surface area contributed by atoms with E-state index in [-0.39, 0.29) is 5.91 Å². The maximum atomic E-state index is 11.3. The minimum Gasteiger partial charge on any atom is -0.497 e. The largest absolute Gasteiger partial charge is 0.497 e. The summed E-state index contributed by atoms with van der Waals surface area (Å²) in [5.41, 5.74) is 3.17. The molecule has 0 bridgehead atoms. The number of para-hydroxylation sites is 1. The van der Waals surface area contributed by atoms with Gasteiger partial charge in [-0.3, -0.25) is 4.79 Å². The lowest BCUT2D eigenvalue weighted by atomic mass is 10.2. The van der Waals surface area contributed by atoms with Gasteiger partial charge < -0.3 is 20.7 Å². The van der Waals surface area contributed by atoms with Crippen LogP contribution in [0.4, 0.5) is 28.8 Å². The quantitative estimate of drug-likeness (QED) is 0.419. The molecule has 3 N–H and O–H groups in total. The number of anilines is 5. The highest BCUT2D eigenvalue weighted by Gasteiger charge is 2.09. The summed E-state index contributed by atoms with van der Waals surface area (Å²) in [5, 5.41) is 10.3. The average molecular weight is 399 g/mol. The minimum atomic E-state index is -0.125. The fourth-order valence-electron chi connectivity index (χ4n) is 3.05. The molecule has 1 heterocycles. The summed E-state index contributed by atoms with van der Waals surface area (Å²) in [4.78, 5) is 20.6. The smallest absolute Gasteiger partial charge is 0.229 e. The van der Waals surface area contributed by atoms with Gasteiger partial charge in [-0.15, -0.1) is 0 Å². The molecule has 150 valence electrons. The monoisotopic (exact) mass is 399 g/mol. The van der Waals surface area contributed by atoms with Crippen molar-refractivity contribution in [1.29, 1.82) is 0 Å². The van der Waals surface area contributed by atoms with Crippen molar-refractivity contribution in [2.75, 3.05) is 23.1 Å². The molecule has 30 heavy (non-hydrogen) atoms. The first-order chi connectivity index (χ1) is 14.6. The van der Waals surface area contributed by atoms with Gasteiger partial charge in [0.1, 0.15) is 11.6 Å². The normalized spacial score (nSPS) is 10.5. The number of hydrogen-bond acceptors (Lipinski definition) is 6. The van der Waals surface area contributed by atoms with Crippen LogP contribution >= 0.6 is 0 Å². The fraction of sp³-hybridized carbons (Fsp3) is 0.0870. The summed E-state index contributed by atoms with van der Waals surface area (Å²) >= 11 is 0. The molecule has 0 saturated carbocycles. The van der Waals surface area contributed by atoms with Gasteiger partial charge in [-0.1, -0.05) is 18.2 Å². The Kier molecular flexibility index (Phi) is 5.43. The second-order valence-electron chi connectivity index (χ2n) is 6.65. The molecule has 0 saturated heterocycles. The van der Waals surface area contributed by atoms with E-state index in [1.807, 2.05) is 72.8 Å². The third-order valence-corrected chi connectivity index (χ3v) is 4.40. The molecule has 0 radical (unpaired) electrons. The highest BCUT2D eigenvalue weighted by molar-refractivity contribution is 5.92. The first kappa shape index (κ1) is 19.2. The van der Waals surface area contributed by atoms with Crippen LogP contribution < -0.4 is 20.7 Å². The van der Waals surface area contributed by atoms with Crippen molar-refractivity contribution < 1.29 is 9.53 Å². The second kappa shape index (κ2) is 8.48. The standard InChI is InChI=1S/C23H21N5O2/c1-15(29)24-17-6-5-7-18(14-17)26-23-27-21-9-4-3-8-20(21)22(28-23)25-16-10-12-19(30-2)13-11-16/h3-14H,1-2H3,(H,24,29)(H2,25,26,27,28). The number of aromatic nitrogens is 2. The zero-order chi connectivity index (χ0) is 20.9. The van der Waals surface area contributed by atoms with Gasteiger partial charge in [-0.05, 0) is 54.6 Å². The summed E-state index contributed by atoms with van der Waals surface area (Å²) in [6.07, 6.45) is 0. The number of nitrogens with one attached hydrogen (secondary N) is 3. The summed E-state index contributed by atoms with van der Waals surface area (Å²) in [6.45, 7) is 1.48. The summed E-state index contributed by atoms with van der Waals surface area (Å²) < 4.78 is 5.22. The van der Waals surface area contributed by atoms with Crippen LogP contribution in [0.2, 0.25) is 0 Å². The Balaban J connectivity index is 1.66. The van der Waals surface area contributed by atoms with E-state index in [0.717, 1.165) is 28.0 Å². The van der Waals surface area contributed by atoms with Gasteiger partial charge in [0.15, 0.2) is 0 Å². The Bertz CT molecular complexity index is 1190. The highest BCUT2D eigenvalue weighted by atomic mass is 16.5. The Hall–Kier alpha value is -4.13. The topological polar surface area (TPSA) is 88.2 Å². The van der Waals surface area contributed by atoms with E-state index in [9.17, 15) is 4.79 Å². The van der Waals surface area contributed by atoms with Gasteiger partial charge in [0.25, 0.3) is 0 Å². The number of benzene rings is 3. The average Bonchev–Trinajstić information content (AvgIpc) is 2.74. The van der Waals surface area contributed by atoms with Gasteiger partial charge in [0, 0.05) is 29.4 Å². The number of methoxy groups -OCH3 is 1. The van der Waals surface area contributed by atoms with Gasteiger partial charge in [-0.2, -0.15) is 4.98 Å². The van der Waals surface area contributed by atoms with Gasteiger partial charge in [0.2, 0.25) is 11.9 Å². The predicted octanol–water partition coefficient (Wildman–Crippen LogP) is 5.08. The SMILES string of the molecule is COc1ccc(Nc2nc(Nc3cccc(NC(C)=O)c3)nc3ccccc23)cc1. The molecule has 1 amide bonds. The minimum absolute atomic E-state index is 0.125. The first-order valence-corrected chi connectivity index (χ1v) is 9.43. The van der Waals surface area contributed by atoms with Crippen LogP contribution in [0.3, 0.4) is 0 Å². The number of rotatable bonds is 6. The zero-order valence-electron chi connectivity index (χ0n) is 16.6. The molecule has 0 aliphatic carbocycles. The summed E-state index contributed by atoms with van der Waals surface area (Å²) in [5.74, 6) is 1.80. The third kappa shape index (κ3) is 4.47. The van der Waals surface area contributed by atoms with Crippen molar-refractivity contribution in [1.82, 2.24) is 9.97 Å². The van der Waals surface area contributed by atoms with Crippen LogP contribution in [0, 0.1) is 0 Å². The molecule has 0 aliphatic rings. The van der Waals surface area contributed by atoms with E-state index < -0.39 is 0 Å². The molecular formula is C23H21N5O2. The molecule has 0 unspecified atom stereocenters. The lowest BCUT2D eigenvalue weighted by Crippen LogP contribution is -2.06. The number of carbonyl (C=O) groups is 1. The van der Waals surface area contributed by atoms with Crippen molar-refractivity contribution in [3.8, 4) is 5.75 Å². The summed E-state index contributed by atoms with van der Waals surface area (Å²) in [6, 6.07) is 22.8. The van der Waals surface area contributed by atoms with Crippen molar-refractivity contribution in [3.05, 3.63) is 72.8 Å². The van der Waals surface area contributed by atoms with E-state index in [2.05, 4.69) is 25.9 Å². The predicted molar refractivity (Wildman–Crippen MR) is 120 cm³/mol. The van der Waals surface area contributed by atoms with Gasteiger partial charge >= 0.3 is 0 Å². The van der Waals surface area contributed by atoms with E-state index in [1.54, 1.807) is 7.11 Å². The Labute approximate surface area is 174 Å². The lowest BCUT2D eigenvalue weighted by molar-refractivity contribution is -0.114. The van der Waals surface area contributed by atoms with E-state index >= 15 is 0 Å². The lowest BCUT2D eigenvalue weighted by Gasteiger charge is -2.13. The number of hydrogen-bond donors (Lipinski definition) is 3. The van der Waals surface area contributed by atoms with Crippen LogP contribution in [0.5, 0.6) is 5.75 Å². The maximum absolute atomic E-state index is 11.3. The molecule has 0 spiro atoms. The van der Waals surface area contributed by atoms with Gasteiger partial charge in [-0.25, -0.2) is 4.98 Å². The van der Waals surface area contributed by atoms with Gasteiger partial charge in [0.05, 0.1) is 12.6 Å². The van der Waals surface area contributed by atoms with Crippen LogP contribution in [0.15, 0.2) is 72.8 Å². The van der Waals surface area contributed by atoms with Crippen molar-refractivity contribution in [3.63, 3.8) is 0 Å². The van der Waals surface area contributed by atoms with Crippen LogP contribution in [0.25, 0.3) is 10.9 Å². The Morgan fingerprint density at radius 2 is 1.60 bits per heavy atom. The fourth-order valence-corrected chi connectivity index (χ4v) is 3.05. The molecule has 3 aromatic carbocycles. The molecule has 0 atom stereocenters. The van der Waals surface area contributed by atoms with E-state index in [0.29, 0.717) is 17.5 Å². The highest BCUT2D eigenvalue weighted by Crippen LogP contribution is 2.27. The zero-order valence-corrected chi connectivity index (χ0v) is 16.6. The molecule has 0 fully saturated rings. The molecule has 1 aromatic heterocycles. The van der Waals surface area contributed by atoms with Crippen LogP contribution in [-0.2, 0) is 4.79 Å². The van der Waals surface area contributed by atoms with E-state index in [1.165, 1.54) is 6.92 Å². The molecular weight excluding hydrogens is 378 g/mol. The van der Waals surface area contributed by atoms with Crippen LogP contribution in [0.1, 0.15) is 6.92 Å². The molecule has 7 nitrogen and oxygen atoms in total.